The van der Waals surface area contributed by atoms with Crippen LogP contribution in [0.25, 0.3) is 10.9 Å². The van der Waals surface area contributed by atoms with Crippen molar-refractivity contribution in [2.45, 2.75) is 6.42 Å². The van der Waals surface area contributed by atoms with E-state index >= 15 is 0 Å². The molecule has 0 bridgehead atoms. The van der Waals surface area contributed by atoms with Gasteiger partial charge in [-0.25, -0.2) is 0 Å². The molecule has 4 nitrogen and oxygen atoms in total. The molecule has 0 atom stereocenters. The minimum atomic E-state index is 0.0691. The van der Waals surface area contributed by atoms with E-state index in [1.165, 1.54) is 0 Å². The van der Waals surface area contributed by atoms with Crippen LogP contribution in [0.2, 0.25) is 0 Å². The summed E-state index contributed by atoms with van der Waals surface area (Å²) in [7, 11) is 0. The number of para-hydroxylation sites is 1. The fourth-order valence-corrected chi connectivity index (χ4v) is 2.16. The van der Waals surface area contributed by atoms with E-state index in [0.29, 0.717) is 12.3 Å². The van der Waals surface area contributed by atoms with Crippen molar-refractivity contribution in [2.24, 2.45) is 5.92 Å². The number of rotatable bonds is 3. The lowest BCUT2D eigenvalue weighted by Gasteiger charge is -2.26. The highest BCUT2D eigenvalue weighted by molar-refractivity contribution is 6.00. The molecule has 0 unspecified atom stereocenters. The van der Waals surface area contributed by atoms with Gasteiger partial charge in [-0.3, -0.25) is 9.78 Å². The largest absolute Gasteiger partial charge is 0.324 e. The molecule has 0 radical (unpaired) electrons. The Labute approximate surface area is 105 Å². The fraction of sp³-hybridized carbons (Fsp3) is 0.286. The fourth-order valence-electron chi connectivity index (χ4n) is 2.16. The normalized spacial score (nSPS) is 15.3. The highest BCUT2D eigenvalue weighted by Crippen LogP contribution is 2.21. The Balaban J connectivity index is 1.79. The maximum atomic E-state index is 11.9. The van der Waals surface area contributed by atoms with Crippen LogP contribution in [0.1, 0.15) is 6.42 Å². The molecular formula is C14H15N3O. The number of amides is 1. The Morgan fingerprint density at radius 2 is 2.17 bits per heavy atom. The molecule has 18 heavy (non-hydrogen) atoms. The summed E-state index contributed by atoms with van der Waals surface area (Å²) in [5.74, 6) is 0.549. The van der Waals surface area contributed by atoms with E-state index in [1.54, 1.807) is 6.20 Å². The quantitative estimate of drug-likeness (QED) is 0.861. The van der Waals surface area contributed by atoms with Gasteiger partial charge >= 0.3 is 0 Å². The summed E-state index contributed by atoms with van der Waals surface area (Å²) in [4.78, 5) is 16.2. The summed E-state index contributed by atoms with van der Waals surface area (Å²) in [5.41, 5.74) is 1.64. The van der Waals surface area contributed by atoms with E-state index in [0.717, 1.165) is 29.7 Å². The SMILES string of the molecule is O=C(CC1CNC1)Nc1cccc2cccnc12. The van der Waals surface area contributed by atoms with Gasteiger partial charge in [0.05, 0.1) is 11.2 Å². The molecule has 1 fully saturated rings. The Morgan fingerprint density at radius 3 is 2.94 bits per heavy atom. The number of fused-ring (bicyclic) bond motifs is 1. The summed E-state index contributed by atoms with van der Waals surface area (Å²) in [6.07, 6.45) is 2.32. The first-order chi connectivity index (χ1) is 8.83. The standard InChI is InChI=1S/C14H15N3O/c18-13(7-10-8-15-9-10)17-12-5-1-3-11-4-2-6-16-14(11)12/h1-6,10,15H,7-9H2,(H,17,18). The second kappa shape index (κ2) is 4.74. The first kappa shape index (κ1) is 11.2. The second-order valence-corrected chi connectivity index (χ2v) is 4.66. The Morgan fingerprint density at radius 1 is 1.33 bits per heavy atom. The van der Waals surface area contributed by atoms with Crippen LogP contribution in [0, 0.1) is 5.92 Å². The summed E-state index contributed by atoms with van der Waals surface area (Å²) >= 11 is 0. The molecule has 4 heteroatoms. The number of aromatic nitrogens is 1. The molecular weight excluding hydrogens is 226 g/mol. The second-order valence-electron chi connectivity index (χ2n) is 4.66. The third-order valence-corrected chi connectivity index (χ3v) is 3.25. The van der Waals surface area contributed by atoms with Crippen molar-refractivity contribution < 1.29 is 4.79 Å². The number of carbonyl (C=O) groups excluding carboxylic acids is 1. The molecule has 0 saturated carbocycles. The van der Waals surface area contributed by atoms with Crippen LogP contribution in [0.5, 0.6) is 0 Å². The van der Waals surface area contributed by atoms with Gasteiger partial charge in [-0.15, -0.1) is 0 Å². The molecule has 1 amide bonds. The molecule has 1 aromatic heterocycles. The smallest absolute Gasteiger partial charge is 0.224 e. The van der Waals surface area contributed by atoms with Crippen LogP contribution >= 0.6 is 0 Å². The summed E-state index contributed by atoms with van der Waals surface area (Å²) in [6, 6.07) is 9.71. The van der Waals surface area contributed by atoms with Crippen molar-refractivity contribution in [1.29, 1.82) is 0 Å². The molecule has 2 N–H and O–H groups in total. The van der Waals surface area contributed by atoms with Gasteiger partial charge in [-0.05, 0) is 31.1 Å². The van der Waals surface area contributed by atoms with E-state index in [4.69, 9.17) is 0 Å². The highest BCUT2D eigenvalue weighted by Gasteiger charge is 2.20. The number of benzene rings is 1. The van der Waals surface area contributed by atoms with Gasteiger partial charge in [0.25, 0.3) is 0 Å². The van der Waals surface area contributed by atoms with Crippen LogP contribution in [0.3, 0.4) is 0 Å². The van der Waals surface area contributed by atoms with Crippen LogP contribution in [0.15, 0.2) is 36.5 Å². The number of carbonyl (C=O) groups is 1. The first-order valence-corrected chi connectivity index (χ1v) is 6.17. The van der Waals surface area contributed by atoms with Crippen LogP contribution in [-0.4, -0.2) is 24.0 Å². The third-order valence-electron chi connectivity index (χ3n) is 3.25. The molecule has 0 aliphatic carbocycles. The van der Waals surface area contributed by atoms with Crippen LogP contribution in [0.4, 0.5) is 5.69 Å². The van der Waals surface area contributed by atoms with Gasteiger partial charge in [-0.1, -0.05) is 18.2 Å². The van der Waals surface area contributed by atoms with Gasteiger partial charge in [0, 0.05) is 18.0 Å². The number of pyridine rings is 1. The average Bonchev–Trinajstić information content (AvgIpc) is 2.34. The number of nitrogens with zero attached hydrogens (tertiary/aromatic N) is 1. The van der Waals surface area contributed by atoms with Crippen LogP contribution in [-0.2, 0) is 4.79 Å². The van der Waals surface area contributed by atoms with E-state index in [9.17, 15) is 4.79 Å². The summed E-state index contributed by atoms with van der Waals surface area (Å²) in [5, 5.41) is 7.16. The van der Waals surface area contributed by atoms with Gasteiger partial charge < -0.3 is 10.6 Å². The lowest BCUT2D eigenvalue weighted by molar-refractivity contribution is -0.117. The molecule has 92 valence electrons. The molecule has 1 saturated heterocycles. The zero-order valence-electron chi connectivity index (χ0n) is 10.0. The highest BCUT2D eigenvalue weighted by atomic mass is 16.1. The molecule has 2 heterocycles. The van der Waals surface area contributed by atoms with E-state index in [-0.39, 0.29) is 5.91 Å². The van der Waals surface area contributed by atoms with E-state index < -0.39 is 0 Å². The van der Waals surface area contributed by atoms with Gasteiger partial charge in [0.15, 0.2) is 0 Å². The molecule has 1 aliphatic heterocycles. The molecule has 1 aromatic carbocycles. The topological polar surface area (TPSA) is 54.0 Å². The van der Waals surface area contributed by atoms with Crippen molar-refractivity contribution in [3.63, 3.8) is 0 Å². The zero-order valence-corrected chi connectivity index (χ0v) is 10.0. The lowest BCUT2D eigenvalue weighted by atomic mass is 9.99. The van der Waals surface area contributed by atoms with E-state index in [1.807, 2.05) is 30.3 Å². The van der Waals surface area contributed by atoms with Gasteiger partial charge in [0.2, 0.25) is 5.91 Å². The minimum absolute atomic E-state index is 0.0691. The monoisotopic (exact) mass is 241 g/mol. The predicted octanol–water partition coefficient (Wildman–Crippen LogP) is 1.78. The molecule has 0 spiro atoms. The Bertz CT molecular complexity index is 573. The Hall–Kier alpha value is -1.94. The number of nitrogens with one attached hydrogen (secondary N) is 2. The van der Waals surface area contributed by atoms with Crippen molar-refractivity contribution in [1.82, 2.24) is 10.3 Å². The van der Waals surface area contributed by atoms with Gasteiger partial charge in [0.1, 0.15) is 0 Å². The number of anilines is 1. The minimum Gasteiger partial charge on any atom is -0.324 e. The van der Waals surface area contributed by atoms with Crippen molar-refractivity contribution >= 4 is 22.5 Å². The van der Waals surface area contributed by atoms with E-state index in [2.05, 4.69) is 15.6 Å². The van der Waals surface area contributed by atoms with Crippen molar-refractivity contribution in [3.05, 3.63) is 36.5 Å². The predicted molar refractivity (Wildman–Crippen MR) is 71.3 cm³/mol. The summed E-state index contributed by atoms with van der Waals surface area (Å²) in [6.45, 7) is 1.89. The maximum Gasteiger partial charge on any atom is 0.224 e. The third kappa shape index (κ3) is 2.19. The number of hydrogen-bond donors (Lipinski definition) is 2. The van der Waals surface area contributed by atoms with Crippen molar-refractivity contribution in [2.75, 3.05) is 18.4 Å². The average molecular weight is 241 g/mol. The molecule has 3 rings (SSSR count). The number of hydrogen-bond acceptors (Lipinski definition) is 3. The molecule has 2 aromatic rings. The zero-order chi connectivity index (χ0) is 12.4. The van der Waals surface area contributed by atoms with Crippen molar-refractivity contribution in [3.8, 4) is 0 Å². The van der Waals surface area contributed by atoms with Crippen LogP contribution < -0.4 is 10.6 Å². The summed E-state index contributed by atoms with van der Waals surface area (Å²) < 4.78 is 0. The molecule has 1 aliphatic rings. The lowest BCUT2D eigenvalue weighted by Crippen LogP contribution is -2.43. The first-order valence-electron chi connectivity index (χ1n) is 6.17. The Kier molecular flexibility index (Phi) is 2.94. The maximum absolute atomic E-state index is 11.9. The van der Waals surface area contributed by atoms with Gasteiger partial charge in [-0.2, -0.15) is 0 Å².